The second-order valence-corrected chi connectivity index (χ2v) is 41.8. The average Bonchev–Trinajstić information content (AvgIpc) is 1.55. The Morgan fingerprint density at radius 1 is 0.462 bits per heavy atom. The Hall–Kier alpha value is -14.3. The van der Waals surface area contributed by atoms with Crippen LogP contribution in [0.2, 0.25) is 10.0 Å². The van der Waals surface area contributed by atoms with Crippen molar-refractivity contribution < 1.29 is 81.8 Å². The van der Waals surface area contributed by atoms with E-state index < -0.39 is 80.8 Å². The molecule has 4 aromatic heterocycles. The summed E-state index contributed by atoms with van der Waals surface area (Å²) in [6, 6.07) is 63.1. The van der Waals surface area contributed by atoms with Gasteiger partial charge in [-0.3, -0.25) is 33.9 Å². The maximum Gasteiger partial charge on any atom is 0.410 e. The van der Waals surface area contributed by atoms with Crippen molar-refractivity contribution >= 4 is 95.0 Å². The fourth-order valence-corrected chi connectivity index (χ4v) is 19.3. The van der Waals surface area contributed by atoms with Crippen molar-refractivity contribution in [3.8, 4) is 28.3 Å². The number of likely N-dealkylation sites (tertiary alicyclic amines) is 3. The van der Waals surface area contributed by atoms with E-state index in [1.807, 2.05) is 175 Å². The van der Waals surface area contributed by atoms with E-state index in [4.69, 9.17) is 63.6 Å². The van der Waals surface area contributed by atoms with Gasteiger partial charge in [-0.05, 0) is 263 Å². The maximum absolute atomic E-state index is 14.0. The number of benzene rings is 6. The van der Waals surface area contributed by atoms with Crippen LogP contribution in [-0.2, 0) is 71.4 Å². The summed E-state index contributed by atoms with van der Waals surface area (Å²) in [6.45, 7) is 19.8. The van der Waals surface area contributed by atoms with E-state index in [1.54, 1.807) is 92.5 Å². The Morgan fingerprint density at radius 3 is 1.20 bits per heavy atom. The Bertz CT molecular complexity index is 6340. The third kappa shape index (κ3) is 23.7. The van der Waals surface area contributed by atoms with E-state index in [-0.39, 0.29) is 130 Å². The smallest absolute Gasteiger partial charge is 0.410 e. The molecule has 19 rings (SSSR count). The highest BCUT2D eigenvalue weighted by atomic mass is 35.5. The van der Waals surface area contributed by atoms with Crippen molar-refractivity contribution in [1.82, 2.24) is 60.5 Å². The molecular weight excluding hydrogens is 1860 g/mol. The number of anilines is 2. The topological polar surface area (TPSA) is 451 Å². The summed E-state index contributed by atoms with van der Waals surface area (Å²) in [5, 5.41) is 41.1. The minimum atomic E-state index is -1.50. The first-order chi connectivity index (χ1) is 67.9. The van der Waals surface area contributed by atoms with Crippen molar-refractivity contribution in [3.05, 3.63) is 285 Å². The number of rotatable bonds is 18. The number of carboxylic acid groups (broad SMARTS) is 2. The lowest BCUT2D eigenvalue weighted by atomic mass is 9.86. The molecule has 35 heteroatoms. The second-order valence-electron chi connectivity index (χ2n) is 40.9. The third-order valence-electron chi connectivity index (χ3n) is 27.0. The number of amides is 8. The van der Waals surface area contributed by atoms with Gasteiger partial charge in [0.15, 0.2) is 0 Å². The zero-order valence-electron chi connectivity index (χ0n) is 81.7. The van der Waals surface area contributed by atoms with Gasteiger partial charge in [0.05, 0.1) is 62.8 Å². The number of aromatic carboxylic acids is 1. The number of imidazole rings is 1. The van der Waals surface area contributed by atoms with Crippen LogP contribution in [0, 0.1) is 11.3 Å². The number of carbonyl (C=O) groups excluding carboxylic acids is 8. The van der Waals surface area contributed by atoms with Gasteiger partial charge >= 0.3 is 42.4 Å². The zero-order chi connectivity index (χ0) is 102. The molecule has 6 aromatic carbocycles. The van der Waals surface area contributed by atoms with Crippen LogP contribution < -0.4 is 37.6 Å². The number of halogens is 2. The monoisotopic (exact) mass is 1980 g/mol. The molecule has 143 heavy (non-hydrogen) atoms. The number of ether oxygens (including phenoxy) is 5. The molecule has 8 heterocycles. The molecule has 33 nitrogen and oxygen atoms in total. The van der Waals surface area contributed by atoms with E-state index in [0.29, 0.717) is 47.2 Å². The summed E-state index contributed by atoms with van der Waals surface area (Å²) in [5.41, 5.74) is 17.6. The van der Waals surface area contributed by atoms with Crippen LogP contribution in [0.5, 0.6) is 0 Å². The molecule has 9 aliphatic rings. The summed E-state index contributed by atoms with van der Waals surface area (Å²) in [7, 11) is 0. The first-order valence-electron chi connectivity index (χ1n) is 47.9. The van der Waals surface area contributed by atoms with Gasteiger partial charge in [-0.25, -0.2) is 43.4 Å². The summed E-state index contributed by atoms with van der Waals surface area (Å²) < 4.78 is 29.1. The zero-order valence-corrected chi connectivity index (χ0v) is 83.2. The molecule has 0 radical (unpaired) electrons. The van der Waals surface area contributed by atoms with Gasteiger partial charge in [0.25, 0.3) is 5.91 Å². The van der Waals surface area contributed by atoms with Gasteiger partial charge in [0.1, 0.15) is 52.3 Å². The third-order valence-corrected chi connectivity index (χ3v) is 27.5. The number of hydrogen-bond acceptors (Lipinski definition) is 22. The lowest BCUT2D eigenvalue weighted by Crippen LogP contribution is -2.65. The predicted molar refractivity (Wildman–Crippen MR) is 535 cm³/mol. The first kappa shape index (κ1) is 103. The number of alkyl carbamates (subject to hydrolysis) is 2. The Kier molecular flexibility index (Phi) is 30.0. The lowest BCUT2D eigenvalue weighted by molar-refractivity contribution is -0.147. The SMILES string of the molecule is CC(C)(C)OC(=O)N1CCC(N)(C(=O)NC2(c3ccccn3)CC2)CC1.CC(C)(C)OC(=O)N1CCC(NC(=O)OCC2c3ccccc3-c3ccccc32)(C(=O)NC2(c3ccccn3)CC2)CC1.CC(C)(C)OC(=O)N1CCC(NC(=O)OCC2c3ccccc3-c3ccccc32)(C(=O)O)CC1.C[C@@]1(Cc2ccc(C#N)cc2)C(=O)N(c2cc(Cl)cc(Cl)c2)c2ncc(C(=O)O)n21.NC1(c2ccccn2)CC1. The van der Waals surface area contributed by atoms with Gasteiger partial charge < -0.3 is 81.3 Å². The highest BCUT2D eigenvalue weighted by molar-refractivity contribution is 6.35. The number of hydrogen-bond donors (Lipinski definition) is 8. The second kappa shape index (κ2) is 41.7. The van der Waals surface area contributed by atoms with Crippen molar-refractivity contribution in [2.75, 3.05) is 57.4 Å². The molecule has 8 amide bonds. The number of carboxylic acids is 2. The number of nitrogens with one attached hydrogen (secondary N) is 4. The van der Waals surface area contributed by atoms with Gasteiger partial charge in [-0.1, -0.05) is 151 Å². The molecule has 10 aromatic rings. The maximum atomic E-state index is 14.0. The highest BCUT2D eigenvalue weighted by Gasteiger charge is 2.56. The number of carbonyl (C=O) groups is 10. The average molecular weight is 1990 g/mol. The molecule has 10 N–H and O–H groups in total. The number of piperidine rings is 3. The van der Waals surface area contributed by atoms with E-state index >= 15 is 0 Å². The molecule has 0 unspecified atom stereocenters. The van der Waals surface area contributed by atoms with Gasteiger partial charge in [0.2, 0.25) is 17.8 Å². The molecule has 3 saturated carbocycles. The van der Waals surface area contributed by atoms with Crippen LogP contribution >= 0.6 is 23.2 Å². The molecule has 1 atom stereocenters. The molecule has 0 spiro atoms. The summed E-state index contributed by atoms with van der Waals surface area (Å²) in [4.78, 5) is 151. The largest absolute Gasteiger partial charge is 0.480 e. The molecular formula is C108H120Cl2N16O17. The van der Waals surface area contributed by atoms with Crippen molar-refractivity contribution in [2.24, 2.45) is 11.5 Å². The van der Waals surface area contributed by atoms with E-state index in [1.165, 1.54) is 26.6 Å². The summed E-state index contributed by atoms with van der Waals surface area (Å²) in [6.07, 6.45) is 10.8. The minimum absolute atomic E-state index is 0.0613. The van der Waals surface area contributed by atoms with Crippen molar-refractivity contribution in [1.29, 1.82) is 5.26 Å². The lowest BCUT2D eigenvalue weighted by Gasteiger charge is -2.41. The fraction of sp³-hybridized carbons (Fsp3) is 0.398. The van der Waals surface area contributed by atoms with Gasteiger partial charge in [0, 0.05) is 86.2 Å². The van der Waals surface area contributed by atoms with Crippen LogP contribution in [0.25, 0.3) is 22.3 Å². The number of nitriles is 1. The Balaban J connectivity index is 0.000000141. The molecule has 6 fully saturated rings. The predicted octanol–water partition coefficient (Wildman–Crippen LogP) is 17.2. The molecule has 4 aliphatic heterocycles. The quantitative estimate of drug-likeness (QED) is 0.0370. The van der Waals surface area contributed by atoms with Crippen molar-refractivity contribution in [3.63, 3.8) is 0 Å². The molecule has 0 bridgehead atoms. The number of aliphatic carboxylic acids is 1. The Morgan fingerprint density at radius 2 is 0.832 bits per heavy atom. The number of nitrogens with zero attached hydrogens (tertiary/aromatic N) is 10. The number of fused-ring (bicyclic) bond motifs is 7. The molecule has 5 aliphatic carbocycles. The number of aromatic nitrogens is 5. The van der Waals surface area contributed by atoms with E-state index in [2.05, 4.69) is 65.5 Å². The van der Waals surface area contributed by atoms with Crippen LogP contribution in [0.1, 0.15) is 219 Å². The van der Waals surface area contributed by atoms with Gasteiger partial charge in [-0.2, -0.15) is 5.26 Å². The van der Waals surface area contributed by atoms with E-state index in [9.17, 15) is 58.2 Å². The normalized spacial score (nSPS) is 18.4. The van der Waals surface area contributed by atoms with Crippen LogP contribution in [0.3, 0.4) is 0 Å². The minimum Gasteiger partial charge on any atom is -0.480 e. The molecule has 3 saturated heterocycles. The van der Waals surface area contributed by atoms with Gasteiger partial charge in [-0.15, -0.1) is 0 Å². The number of pyridine rings is 3. The van der Waals surface area contributed by atoms with Crippen LogP contribution in [0.4, 0.5) is 35.6 Å². The standard InChI is InChI=1S/C34H38N4O5.C26H30N2O6.C21H14Cl2N4O3.C19H28N4O3.C8H10N2/c1-32(2,3)43-31(41)38-20-17-34(18-21-38,29(39)36-33(15-16-33)28-14-8-9-19-35-28)37-30(40)42-22-27-25-12-6-4-10-23(25)24-11-5-7-13-26(24)27;1-25(2,3)34-24(32)28-14-12-26(13-15-28,22(29)30)27-23(31)33-16-21-19-10-6-4-8-17(19)18-9-5-7-11-20(18)21;1-21(9-12-2-4-13(10-24)5-3-12)19(30)26(16-7-14(22)6-15(23)8-16)20-25-11-17(18(28)29)27(20)21;1-17(2,3)26-16(25)23-12-9-18(20,10-13-23)15(24)22-19(7-8-19)14-6-4-5-11-21-14;9-8(4-5-8)7-3-1-2-6-10-7/h4-14,19,27H,15-18,20-22H2,1-3H3,(H,36,39)(H,37,40);4-11,21H,12-16H2,1-3H3,(H,27,31)(H,29,30);2-8,11H,9H2,1H3,(H,28,29);4-6,11H,7-10,12-13,20H2,1-3H3,(H,22,24);1-3,6H,4-5,9H2/t;;21-;;/m..1../s1. The summed E-state index contributed by atoms with van der Waals surface area (Å²) in [5.74, 6) is -3.22. The summed E-state index contributed by atoms with van der Waals surface area (Å²) >= 11 is 12.2. The first-order valence-corrected chi connectivity index (χ1v) is 48.7. The fourth-order valence-electron chi connectivity index (χ4n) is 18.8. The molecule has 748 valence electrons. The highest BCUT2D eigenvalue weighted by Crippen LogP contribution is 2.51. The Labute approximate surface area is 840 Å². The number of nitrogens with two attached hydrogens (primary N) is 2. The van der Waals surface area contributed by atoms with E-state index in [0.717, 1.165) is 106 Å². The van der Waals surface area contributed by atoms with Crippen molar-refractivity contribution in [2.45, 2.75) is 220 Å². The van der Waals surface area contributed by atoms with Crippen LogP contribution in [-0.4, -0.2) is 195 Å². The van der Waals surface area contributed by atoms with Crippen LogP contribution in [0.15, 0.2) is 219 Å².